The van der Waals surface area contributed by atoms with Crippen molar-refractivity contribution >= 4 is 5.97 Å². The van der Waals surface area contributed by atoms with Crippen molar-refractivity contribution in [1.82, 2.24) is 9.80 Å². The number of aliphatic hydroxyl groups excluding tert-OH is 1. The molecule has 37 heavy (non-hydrogen) atoms. The van der Waals surface area contributed by atoms with E-state index < -0.39 is 0 Å². The van der Waals surface area contributed by atoms with Crippen molar-refractivity contribution < 1.29 is 19.4 Å². The molecule has 0 radical (unpaired) electrons. The van der Waals surface area contributed by atoms with Gasteiger partial charge in [-0.3, -0.25) is 14.6 Å². The molecule has 4 saturated carbocycles. The van der Waals surface area contributed by atoms with E-state index in [-0.39, 0.29) is 29.0 Å². The smallest absolute Gasteiger partial charge is 0.302 e. The fourth-order valence-corrected chi connectivity index (χ4v) is 10.6. The van der Waals surface area contributed by atoms with Crippen molar-refractivity contribution in [3.63, 3.8) is 0 Å². The van der Waals surface area contributed by atoms with Crippen molar-refractivity contribution in [1.29, 1.82) is 0 Å². The summed E-state index contributed by atoms with van der Waals surface area (Å²) in [5, 5.41) is 11.8. The number of carbonyl (C=O) groups is 1. The highest BCUT2D eigenvalue weighted by Gasteiger charge is 2.64. The number of aliphatic hydroxyl groups is 1. The Morgan fingerprint density at radius 3 is 2.27 bits per heavy atom. The molecule has 0 amide bonds. The van der Waals surface area contributed by atoms with Gasteiger partial charge in [0.05, 0.1) is 19.3 Å². The molecule has 0 spiro atoms. The van der Waals surface area contributed by atoms with Crippen LogP contribution in [0.3, 0.4) is 0 Å². The van der Waals surface area contributed by atoms with Gasteiger partial charge in [0.1, 0.15) is 6.10 Å². The number of rotatable bonds is 3. The van der Waals surface area contributed by atoms with Crippen molar-refractivity contribution in [2.45, 2.75) is 116 Å². The fraction of sp³-hybridized carbons (Fsp3) is 0.968. The molecule has 0 aromatic carbocycles. The van der Waals surface area contributed by atoms with E-state index in [1.54, 1.807) is 6.92 Å². The van der Waals surface area contributed by atoms with Gasteiger partial charge in [-0.05, 0) is 105 Å². The average molecular weight is 517 g/mol. The molecule has 10 atom stereocenters. The van der Waals surface area contributed by atoms with Gasteiger partial charge in [-0.1, -0.05) is 26.7 Å². The van der Waals surface area contributed by atoms with E-state index in [1.165, 1.54) is 70.9 Å². The Morgan fingerprint density at radius 1 is 0.865 bits per heavy atom. The minimum absolute atomic E-state index is 0.0137. The van der Waals surface area contributed by atoms with Crippen molar-refractivity contribution in [2.24, 2.45) is 34.5 Å². The second-order valence-electron chi connectivity index (χ2n) is 14.2. The summed E-state index contributed by atoms with van der Waals surface area (Å²) in [5.41, 5.74) is 0.357. The Labute approximate surface area is 224 Å². The lowest BCUT2D eigenvalue weighted by Gasteiger charge is -2.62. The molecule has 6 aliphatic rings. The number of morpholine rings is 1. The molecule has 4 aliphatic carbocycles. The standard InChI is InChI=1S/C31H52N2O4/c1-21(34)37-28-18-22-8-9-23-24(31(22,3)20-27(28)33-14-16-36-17-15-33)10-11-30(2)25(23)19-26(29(30)35)32-12-6-4-5-7-13-32/h22-29,35H,4-20H2,1-3H3/t22-,23+,24-,25-,26-,27-,28-,29-,30-,31-/m0/s1. The van der Waals surface area contributed by atoms with E-state index in [1.807, 2.05) is 0 Å². The predicted molar refractivity (Wildman–Crippen MR) is 144 cm³/mol. The molecule has 1 N–H and O–H groups in total. The zero-order valence-electron chi connectivity index (χ0n) is 23.7. The molecular weight excluding hydrogens is 464 g/mol. The molecule has 6 nitrogen and oxygen atoms in total. The molecule has 6 rings (SSSR count). The summed E-state index contributed by atoms with van der Waals surface area (Å²) in [5.74, 6) is 2.59. The maximum Gasteiger partial charge on any atom is 0.302 e. The summed E-state index contributed by atoms with van der Waals surface area (Å²) in [4.78, 5) is 17.3. The summed E-state index contributed by atoms with van der Waals surface area (Å²) in [6.45, 7) is 12.4. The first-order valence-corrected chi connectivity index (χ1v) is 15.7. The van der Waals surface area contributed by atoms with Crippen LogP contribution in [0.15, 0.2) is 0 Å². The first kappa shape index (κ1) is 26.5. The maximum atomic E-state index is 12.1. The molecule has 2 aliphatic heterocycles. The third-order valence-electron chi connectivity index (χ3n) is 12.6. The van der Waals surface area contributed by atoms with Gasteiger partial charge in [-0.15, -0.1) is 0 Å². The molecular formula is C31H52N2O4. The molecule has 0 unspecified atom stereocenters. The normalized spacial score (nSPS) is 49.4. The van der Waals surface area contributed by atoms with Gasteiger partial charge in [0.25, 0.3) is 0 Å². The van der Waals surface area contributed by atoms with E-state index in [9.17, 15) is 9.90 Å². The van der Waals surface area contributed by atoms with Crippen molar-refractivity contribution in [3.05, 3.63) is 0 Å². The van der Waals surface area contributed by atoms with Crippen LogP contribution in [0.1, 0.15) is 91.4 Å². The molecule has 0 bridgehead atoms. The van der Waals surface area contributed by atoms with Crippen LogP contribution in [0, 0.1) is 34.5 Å². The van der Waals surface area contributed by atoms with E-state index in [0.717, 1.165) is 51.0 Å². The molecule has 2 saturated heterocycles. The lowest BCUT2D eigenvalue weighted by Crippen LogP contribution is -2.61. The predicted octanol–water partition coefficient (Wildman–Crippen LogP) is 4.49. The summed E-state index contributed by atoms with van der Waals surface area (Å²) < 4.78 is 11.7. The van der Waals surface area contributed by atoms with Gasteiger partial charge in [0, 0.05) is 32.1 Å². The minimum atomic E-state index is -0.178. The lowest BCUT2D eigenvalue weighted by molar-refractivity contribution is -0.178. The zero-order valence-corrected chi connectivity index (χ0v) is 23.7. The number of carbonyl (C=O) groups excluding carboxylic acids is 1. The molecule has 2 heterocycles. The molecule has 0 aromatic rings. The number of likely N-dealkylation sites (tertiary alicyclic amines) is 1. The highest BCUT2D eigenvalue weighted by Crippen LogP contribution is 2.67. The number of fused-ring (bicyclic) bond motifs is 5. The quantitative estimate of drug-likeness (QED) is 0.558. The van der Waals surface area contributed by atoms with Gasteiger partial charge in [-0.25, -0.2) is 0 Å². The Balaban J connectivity index is 1.24. The van der Waals surface area contributed by atoms with Gasteiger partial charge < -0.3 is 14.6 Å². The van der Waals surface area contributed by atoms with Gasteiger partial charge in [0.15, 0.2) is 0 Å². The maximum absolute atomic E-state index is 12.1. The Kier molecular flexibility index (Phi) is 7.44. The number of ether oxygens (including phenoxy) is 2. The Morgan fingerprint density at radius 2 is 1.57 bits per heavy atom. The summed E-state index contributed by atoms with van der Waals surface area (Å²) in [7, 11) is 0. The van der Waals surface area contributed by atoms with Crippen molar-refractivity contribution in [3.8, 4) is 0 Å². The molecule has 6 fully saturated rings. The van der Waals surface area contributed by atoms with Gasteiger partial charge >= 0.3 is 5.97 Å². The highest BCUT2D eigenvalue weighted by molar-refractivity contribution is 5.66. The zero-order chi connectivity index (χ0) is 25.8. The SMILES string of the molecule is CC(=O)O[C@H]1C[C@@H]2CC[C@@H]3[C@H](CC[C@]4(C)[C@@H](O)[C@@H](N5CCCCCC5)C[C@@H]34)[C@@]2(C)C[C@@H]1N1CCOCC1. The summed E-state index contributed by atoms with van der Waals surface area (Å²) >= 11 is 0. The van der Waals surface area contributed by atoms with Crippen LogP contribution >= 0.6 is 0 Å². The highest BCUT2D eigenvalue weighted by atomic mass is 16.5. The third kappa shape index (κ3) is 4.60. The van der Waals surface area contributed by atoms with Gasteiger partial charge in [-0.2, -0.15) is 0 Å². The first-order chi connectivity index (χ1) is 17.8. The Bertz CT molecular complexity index is 824. The third-order valence-corrected chi connectivity index (χ3v) is 12.6. The van der Waals surface area contributed by atoms with Crippen LogP contribution in [-0.4, -0.2) is 84.6 Å². The van der Waals surface area contributed by atoms with Crippen LogP contribution in [0.2, 0.25) is 0 Å². The van der Waals surface area contributed by atoms with Crippen LogP contribution in [0.4, 0.5) is 0 Å². The monoisotopic (exact) mass is 516 g/mol. The second-order valence-corrected chi connectivity index (χ2v) is 14.2. The summed E-state index contributed by atoms with van der Waals surface area (Å²) in [6.07, 6.45) is 13.4. The van der Waals surface area contributed by atoms with Crippen LogP contribution in [-0.2, 0) is 14.3 Å². The average Bonchev–Trinajstić information content (AvgIpc) is 3.04. The fourth-order valence-electron chi connectivity index (χ4n) is 10.6. The topological polar surface area (TPSA) is 62.2 Å². The largest absolute Gasteiger partial charge is 0.461 e. The number of hydrogen-bond acceptors (Lipinski definition) is 6. The lowest BCUT2D eigenvalue weighted by atomic mass is 9.44. The molecule has 0 aromatic heterocycles. The minimum Gasteiger partial charge on any atom is -0.461 e. The number of esters is 1. The molecule has 210 valence electrons. The van der Waals surface area contributed by atoms with E-state index >= 15 is 0 Å². The second kappa shape index (κ2) is 10.4. The van der Waals surface area contributed by atoms with Crippen LogP contribution in [0.25, 0.3) is 0 Å². The number of nitrogens with zero attached hydrogens (tertiary/aromatic N) is 2. The molecule has 6 heteroatoms. The number of hydrogen-bond donors (Lipinski definition) is 1. The summed E-state index contributed by atoms with van der Waals surface area (Å²) in [6, 6.07) is 0.665. The van der Waals surface area contributed by atoms with Crippen LogP contribution < -0.4 is 0 Å². The van der Waals surface area contributed by atoms with E-state index in [2.05, 4.69) is 23.6 Å². The van der Waals surface area contributed by atoms with Crippen LogP contribution in [0.5, 0.6) is 0 Å². The van der Waals surface area contributed by atoms with E-state index in [0.29, 0.717) is 23.9 Å². The first-order valence-electron chi connectivity index (χ1n) is 15.7. The Hall–Kier alpha value is -0.690. The van der Waals surface area contributed by atoms with Gasteiger partial charge in [0.2, 0.25) is 0 Å². The van der Waals surface area contributed by atoms with E-state index in [4.69, 9.17) is 9.47 Å². The van der Waals surface area contributed by atoms with Crippen molar-refractivity contribution in [2.75, 3.05) is 39.4 Å².